The van der Waals surface area contributed by atoms with Crippen molar-refractivity contribution < 1.29 is 13.2 Å². The van der Waals surface area contributed by atoms with Gasteiger partial charge in [-0.25, -0.2) is 13.2 Å². The summed E-state index contributed by atoms with van der Waals surface area (Å²) in [7, 11) is 0. The molecule has 5 aromatic carbocycles. The number of halogens is 4. The Morgan fingerprint density at radius 3 is 1.08 bits per heavy atom. The van der Waals surface area contributed by atoms with Crippen molar-refractivity contribution in [3.63, 3.8) is 0 Å². The molecule has 0 nitrogen and oxygen atoms in total. The lowest BCUT2D eigenvalue weighted by Gasteiger charge is -1.99. The number of benzene rings is 5. The maximum absolute atomic E-state index is 13.4. The Bertz CT molecular complexity index is 2530. The largest absolute Gasteiger partial charge is 0.207 e. The molecule has 0 N–H and O–H groups in total. The van der Waals surface area contributed by atoms with E-state index < -0.39 is 11.6 Å². The average molecular weight is 980 g/mol. The minimum Gasteiger partial charge on any atom is -0.207 e. The van der Waals surface area contributed by atoms with Crippen molar-refractivity contribution >= 4 is 11.6 Å². The summed E-state index contributed by atoms with van der Waals surface area (Å²) in [5.74, 6) is 31.9. The SMILES string of the molecule is C.CC(C)CC#Cc1ccc(F)c(F)c1.CCc1ccc(C#CCC(C)C)cc1.CCc1ccc(C#CCC(C)C)cc1F.Cc1ccc(C#CCC(C)C)cc1.Cc1ccc(C#CCC(C)C)cc1Cl. The van der Waals surface area contributed by atoms with E-state index in [0.29, 0.717) is 35.2 Å². The van der Waals surface area contributed by atoms with Gasteiger partial charge in [-0.1, -0.05) is 203 Å². The fourth-order valence-electron chi connectivity index (χ4n) is 5.40. The van der Waals surface area contributed by atoms with Crippen molar-refractivity contribution in [2.24, 2.45) is 29.6 Å². The van der Waals surface area contributed by atoms with E-state index in [1.54, 1.807) is 0 Å². The van der Waals surface area contributed by atoms with Crippen molar-refractivity contribution in [3.05, 3.63) is 176 Å². The monoisotopic (exact) mass is 979 g/mol. The fraction of sp³-hybridized carbons (Fsp3) is 0.403. The lowest BCUT2D eigenvalue weighted by molar-refractivity contribution is 0.508. The Morgan fingerprint density at radius 1 is 0.394 bits per heavy atom. The van der Waals surface area contributed by atoms with Crippen molar-refractivity contribution in [2.45, 2.75) is 149 Å². The van der Waals surface area contributed by atoms with E-state index in [1.165, 1.54) is 23.3 Å². The number of aryl methyl sites for hydroxylation is 4. The fourth-order valence-corrected chi connectivity index (χ4v) is 5.58. The molecule has 71 heavy (non-hydrogen) atoms. The van der Waals surface area contributed by atoms with Crippen LogP contribution in [0.4, 0.5) is 13.2 Å². The predicted octanol–water partition coefficient (Wildman–Crippen LogP) is 18.9. The minimum atomic E-state index is -0.846. The summed E-state index contributed by atoms with van der Waals surface area (Å²) in [5, 5.41) is 0.793. The van der Waals surface area contributed by atoms with Crippen LogP contribution >= 0.6 is 11.6 Å². The smallest absolute Gasteiger partial charge is 0.160 e. The molecule has 0 atom stereocenters. The van der Waals surface area contributed by atoms with Gasteiger partial charge in [-0.2, -0.15) is 0 Å². The predicted molar refractivity (Wildman–Crippen MR) is 304 cm³/mol. The van der Waals surface area contributed by atoms with Gasteiger partial charge in [0, 0.05) is 64.9 Å². The highest BCUT2D eigenvalue weighted by Crippen LogP contribution is 2.16. The molecule has 5 aromatic rings. The van der Waals surface area contributed by atoms with Gasteiger partial charge in [-0.3, -0.25) is 0 Å². The first-order chi connectivity index (χ1) is 33.2. The van der Waals surface area contributed by atoms with Crippen LogP contribution in [0.2, 0.25) is 5.02 Å². The zero-order chi connectivity index (χ0) is 52.4. The second-order valence-electron chi connectivity index (χ2n) is 19.2. The lowest BCUT2D eigenvalue weighted by atomic mass is 10.1. The van der Waals surface area contributed by atoms with E-state index in [0.717, 1.165) is 95.5 Å². The molecule has 0 radical (unpaired) electrons. The molecule has 0 spiro atoms. The zero-order valence-electron chi connectivity index (χ0n) is 44.7. The Morgan fingerprint density at radius 2 is 0.732 bits per heavy atom. The highest BCUT2D eigenvalue weighted by atomic mass is 35.5. The van der Waals surface area contributed by atoms with E-state index >= 15 is 0 Å². The van der Waals surface area contributed by atoms with Crippen LogP contribution in [0.1, 0.15) is 173 Å². The number of hydrogen-bond donors (Lipinski definition) is 0. The van der Waals surface area contributed by atoms with Crippen molar-refractivity contribution in [1.29, 1.82) is 0 Å². The molecule has 5 rings (SSSR count). The third-order valence-electron chi connectivity index (χ3n) is 9.65. The van der Waals surface area contributed by atoms with E-state index in [4.69, 9.17) is 11.6 Å². The van der Waals surface area contributed by atoms with Crippen LogP contribution in [0.15, 0.2) is 103 Å². The van der Waals surface area contributed by atoms with Gasteiger partial charge in [0.15, 0.2) is 11.6 Å². The van der Waals surface area contributed by atoms with Crippen molar-refractivity contribution in [1.82, 2.24) is 0 Å². The molecule has 0 bridgehead atoms. The van der Waals surface area contributed by atoms with Crippen LogP contribution in [-0.2, 0) is 12.8 Å². The first-order valence-corrected chi connectivity index (χ1v) is 25.2. The van der Waals surface area contributed by atoms with E-state index in [2.05, 4.69) is 191 Å². The van der Waals surface area contributed by atoms with Crippen LogP contribution < -0.4 is 0 Å². The first-order valence-electron chi connectivity index (χ1n) is 24.8. The summed E-state index contributed by atoms with van der Waals surface area (Å²) >= 11 is 5.99. The van der Waals surface area contributed by atoms with Crippen molar-refractivity contribution in [2.75, 3.05) is 0 Å². The molecule has 0 aromatic heterocycles. The molecule has 0 amide bonds. The Kier molecular flexibility index (Phi) is 34.6. The lowest BCUT2D eigenvalue weighted by Crippen LogP contribution is -1.88. The van der Waals surface area contributed by atoms with Crippen LogP contribution in [0.25, 0.3) is 0 Å². The second kappa shape index (κ2) is 37.8. The maximum Gasteiger partial charge on any atom is 0.160 e. The summed E-state index contributed by atoms with van der Waals surface area (Å²) in [4.78, 5) is 0. The molecule has 0 aliphatic rings. The molecule has 0 aliphatic carbocycles. The first kappa shape index (κ1) is 65.0. The highest BCUT2D eigenvalue weighted by molar-refractivity contribution is 6.31. The van der Waals surface area contributed by atoms with E-state index in [9.17, 15) is 13.2 Å². The van der Waals surface area contributed by atoms with Crippen LogP contribution in [0.5, 0.6) is 0 Å². The van der Waals surface area contributed by atoms with Gasteiger partial charge >= 0.3 is 0 Å². The molecule has 0 aliphatic heterocycles. The van der Waals surface area contributed by atoms with Gasteiger partial charge in [0.1, 0.15) is 5.82 Å². The zero-order valence-corrected chi connectivity index (χ0v) is 45.4. The summed E-state index contributed by atoms with van der Waals surface area (Å²) in [6.07, 6.45) is 6.34. The van der Waals surface area contributed by atoms with Gasteiger partial charge < -0.3 is 0 Å². The molecule has 0 saturated heterocycles. The molecule has 378 valence electrons. The van der Waals surface area contributed by atoms with Gasteiger partial charge in [-0.05, 0) is 140 Å². The van der Waals surface area contributed by atoms with Crippen LogP contribution in [-0.4, -0.2) is 0 Å². The van der Waals surface area contributed by atoms with Gasteiger partial charge in [0.05, 0.1) is 0 Å². The Hall–Kier alpha value is -6.02. The Balaban J connectivity index is 0.000000860. The molecule has 0 fully saturated rings. The number of hydrogen-bond acceptors (Lipinski definition) is 0. The van der Waals surface area contributed by atoms with Crippen molar-refractivity contribution in [3.8, 4) is 59.2 Å². The van der Waals surface area contributed by atoms with Gasteiger partial charge in [-0.15, -0.1) is 0 Å². The molecule has 4 heteroatoms. The second-order valence-corrected chi connectivity index (χ2v) is 19.6. The van der Waals surface area contributed by atoms with Gasteiger partial charge in [0.25, 0.3) is 0 Å². The standard InChI is InChI=1S/C14H17F.C14H18.C13H15Cl.C13H16.C12H12F2.CH4/c1-4-13-9-8-12(10-14(13)15)7-5-6-11(2)3;1-4-13-8-10-14(11-9-13)7-5-6-12(2)3;1-10(2)5-4-6-12-8-7-11(3)13(14)9-12;1-11(2)5-4-6-13-9-7-12(3)8-10-13;1-9(2)4-3-5-10-6-7-11(13)12(14)8-10;/h8-11H,4,6H2,1-3H3;8-12H,4,6H2,1-3H3;7-10H,5H2,1-3H3;7-11H,5H2,1-3H3;6-9H,4H2,1-2H3;1H4. The topological polar surface area (TPSA) is 0 Å². The normalized spacial score (nSPS) is 9.62. The van der Waals surface area contributed by atoms with Crippen LogP contribution in [0, 0.1) is 120 Å². The van der Waals surface area contributed by atoms with E-state index in [-0.39, 0.29) is 13.2 Å². The molecular weight excluding hydrogens is 897 g/mol. The summed E-state index contributed by atoms with van der Waals surface area (Å²) in [5.41, 5.74) is 9.05. The molecular formula is C67H82ClF3. The molecule has 0 unspecified atom stereocenters. The highest BCUT2D eigenvalue weighted by Gasteiger charge is 2.01. The molecule has 0 saturated carbocycles. The third kappa shape index (κ3) is 32.5. The maximum atomic E-state index is 13.4. The third-order valence-corrected chi connectivity index (χ3v) is 10.1. The summed E-state index contributed by atoms with van der Waals surface area (Å²) in [6, 6.07) is 31.7. The van der Waals surface area contributed by atoms with Crippen LogP contribution in [0.3, 0.4) is 0 Å². The Labute approximate surface area is 436 Å². The quantitative estimate of drug-likeness (QED) is 0.143. The number of rotatable bonds is 7. The minimum absolute atomic E-state index is 0. The van der Waals surface area contributed by atoms with E-state index in [1.807, 2.05) is 44.2 Å². The van der Waals surface area contributed by atoms with Gasteiger partial charge in [0.2, 0.25) is 0 Å². The molecule has 0 heterocycles. The average Bonchev–Trinajstić information content (AvgIpc) is 3.30. The summed E-state index contributed by atoms with van der Waals surface area (Å²) < 4.78 is 38.6. The summed E-state index contributed by atoms with van der Waals surface area (Å²) in [6.45, 7) is 29.6.